The molecule has 2 aromatic rings. The predicted octanol–water partition coefficient (Wildman–Crippen LogP) is 1.82. The molecule has 0 aromatic heterocycles. The van der Waals surface area contributed by atoms with Gasteiger partial charge in [-0.1, -0.05) is 60.7 Å². The van der Waals surface area contributed by atoms with E-state index in [1.165, 1.54) is 7.11 Å². The number of nitrogens with two attached hydrogens (primary N) is 1. The molecule has 2 rings (SSSR count). The Morgan fingerprint density at radius 2 is 1.51 bits per heavy atom. The normalized spacial score (nSPS) is 12.1. The molecule has 0 unspecified atom stereocenters. The molecule has 2 aromatic carbocycles. The van der Waals surface area contributed by atoms with Gasteiger partial charge in [0, 0.05) is 26.5 Å². The summed E-state index contributed by atoms with van der Waals surface area (Å²) in [6.07, 6.45) is 1.13. The average Bonchev–Trinajstić information content (AvgIpc) is 2.90. The number of methoxy groups -OCH3 is 1. The van der Waals surface area contributed by atoms with Crippen LogP contribution in [-0.2, 0) is 36.9 Å². The van der Waals surface area contributed by atoms with E-state index in [1.54, 1.807) is 0 Å². The number of primary amides is 1. The van der Waals surface area contributed by atoms with Gasteiger partial charge in [0.05, 0.1) is 6.61 Å². The molecule has 0 saturated heterocycles. The molecule has 4 amide bonds. The van der Waals surface area contributed by atoms with Crippen LogP contribution in [0, 0.1) is 0 Å². The maximum absolute atomic E-state index is 13.1. The molecule has 10 heteroatoms. The van der Waals surface area contributed by atoms with Gasteiger partial charge in [-0.05, 0) is 30.4 Å². The van der Waals surface area contributed by atoms with Crippen molar-refractivity contribution in [1.29, 1.82) is 0 Å². The second-order valence-electron chi connectivity index (χ2n) is 8.50. The summed E-state index contributed by atoms with van der Waals surface area (Å²) in [6.45, 7) is 0.812. The predicted molar refractivity (Wildman–Crippen MR) is 138 cm³/mol. The third-order valence-electron chi connectivity index (χ3n) is 5.54. The fourth-order valence-electron chi connectivity index (χ4n) is 3.51. The monoisotopic (exact) mass is 512 g/mol. The zero-order valence-corrected chi connectivity index (χ0v) is 21.1. The molecule has 10 nitrogen and oxygen atoms in total. The second-order valence-corrected chi connectivity index (χ2v) is 8.50. The highest BCUT2D eigenvalue weighted by Gasteiger charge is 2.26. The summed E-state index contributed by atoms with van der Waals surface area (Å²) >= 11 is 0. The summed E-state index contributed by atoms with van der Waals surface area (Å²) in [4.78, 5) is 49.3. The van der Waals surface area contributed by atoms with E-state index in [0.29, 0.717) is 26.0 Å². The van der Waals surface area contributed by atoms with Crippen LogP contribution in [0.3, 0.4) is 0 Å². The Morgan fingerprint density at radius 1 is 0.865 bits per heavy atom. The Labute approximate surface area is 217 Å². The van der Waals surface area contributed by atoms with E-state index < -0.39 is 30.0 Å². The Morgan fingerprint density at radius 3 is 2.14 bits per heavy atom. The van der Waals surface area contributed by atoms with Crippen molar-refractivity contribution >= 4 is 23.8 Å². The topological polar surface area (TPSA) is 149 Å². The molecular formula is C27H36N4O6. The van der Waals surface area contributed by atoms with E-state index in [9.17, 15) is 19.2 Å². The number of amides is 4. The Bertz CT molecular complexity index is 987. The van der Waals surface area contributed by atoms with E-state index >= 15 is 0 Å². The van der Waals surface area contributed by atoms with Gasteiger partial charge in [-0.25, -0.2) is 4.79 Å². The molecule has 0 fully saturated rings. The first-order valence-corrected chi connectivity index (χ1v) is 12.3. The highest BCUT2D eigenvalue weighted by atomic mass is 16.5. The van der Waals surface area contributed by atoms with E-state index in [4.69, 9.17) is 15.2 Å². The maximum atomic E-state index is 13.1. The minimum Gasteiger partial charge on any atom is -0.445 e. The van der Waals surface area contributed by atoms with Crippen LogP contribution in [0.25, 0.3) is 0 Å². The van der Waals surface area contributed by atoms with E-state index in [1.807, 2.05) is 60.7 Å². The highest BCUT2D eigenvalue weighted by molar-refractivity contribution is 5.90. The lowest BCUT2D eigenvalue weighted by molar-refractivity contribution is -0.128. The third kappa shape index (κ3) is 12.0. The van der Waals surface area contributed by atoms with Crippen molar-refractivity contribution in [3.63, 3.8) is 0 Å². The number of rotatable bonds is 16. The van der Waals surface area contributed by atoms with Crippen LogP contribution in [0.2, 0.25) is 0 Å². The van der Waals surface area contributed by atoms with Crippen molar-refractivity contribution in [1.82, 2.24) is 16.0 Å². The highest BCUT2D eigenvalue weighted by Crippen LogP contribution is 2.07. The van der Waals surface area contributed by atoms with Crippen molar-refractivity contribution in [2.75, 3.05) is 20.3 Å². The molecule has 5 N–H and O–H groups in total. The van der Waals surface area contributed by atoms with Crippen molar-refractivity contribution in [2.24, 2.45) is 5.73 Å². The van der Waals surface area contributed by atoms with Crippen LogP contribution < -0.4 is 21.7 Å². The minimum absolute atomic E-state index is 0.0481. The van der Waals surface area contributed by atoms with Crippen LogP contribution in [0.15, 0.2) is 60.7 Å². The van der Waals surface area contributed by atoms with Crippen molar-refractivity contribution in [3.05, 3.63) is 71.8 Å². The van der Waals surface area contributed by atoms with Gasteiger partial charge in [0.25, 0.3) is 0 Å². The van der Waals surface area contributed by atoms with Gasteiger partial charge < -0.3 is 31.2 Å². The first kappa shape index (κ1) is 29.3. The lowest BCUT2D eigenvalue weighted by atomic mass is 10.0. The van der Waals surface area contributed by atoms with E-state index in [-0.39, 0.29) is 31.8 Å². The number of unbranched alkanes of at least 4 members (excludes halogenated alkanes) is 1. The summed E-state index contributed by atoms with van der Waals surface area (Å²) in [5.41, 5.74) is 7.18. The van der Waals surface area contributed by atoms with Crippen LogP contribution in [-0.4, -0.2) is 56.2 Å². The van der Waals surface area contributed by atoms with Crippen LogP contribution in [0.4, 0.5) is 4.79 Å². The molecule has 0 heterocycles. The van der Waals surface area contributed by atoms with Gasteiger partial charge in [-0.2, -0.15) is 0 Å². The minimum atomic E-state index is -0.954. The second kappa shape index (κ2) is 16.7. The molecule has 0 aliphatic heterocycles. The Hall–Kier alpha value is -3.92. The number of nitrogens with one attached hydrogen (secondary N) is 3. The average molecular weight is 513 g/mol. The first-order valence-electron chi connectivity index (χ1n) is 12.3. The summed E-state index contributed by atoms with van der Waals surface area (Å²) in [5, 5.41) is 8.03. The van der Waals surface area contributed by atoms with E-state index in [2.05, 4.69) is 16.0 Å². The quantitative estimate of drug-likeness (QED) is 0.252. The first-order chi connectivity index (χ1) is 17.9. The van der Waals surface area contributed by atoms with Gasteiger partial charge in [0.15, 0.2) is 0 Å². The molecule has 0 spiro atoms. The SMILES string of the molecule is COCCC(=O)NCCCC[C@H](NC(=O)OCc1ccccc1)C(=O)N[C@@H](Cc1ccccc1)C(N)=O. The molecule has 37 heavy (non-hydrogen) atoms. The lowest BCUT2D eigenvalue weighted by Crippen LogP contribution is -2.53. The molecule has 0 saturated carbocycles. The summed E-state index contributed by atoms with van der Waals surface area (Å²) in [5.74, 6) is -1.34. The standard InChI is InChI=1S/C27H36N4O6/c1-36-17-15-24(32)29-16-9-8-14-22(31-27(35)37-19-21-12-6-3-7-13-21)26(34)30-23(25(28)33)18-20-10-4-2-5-11-20/h2-7,10-13,22-23H,8-9,14-19H2,1H3,(H2,28,33)(H,29,32)(H,30,34)(H,31,35)/t22-,23-/m0/s1. The van der Waals surface area contributed by atoms with Gasteiger partial charge in [-0.15, -0.1) is 0 Å². The molecule has 0 bridgehead atoms. The lowest BCUT2D eigenvalue weighted by Gasteiger charge is -2.22. The molecular weight excluding hydrogens is 476 g/mol. The van der Waals surface area contributed by atoms with Gasteiger partial charge in [0.1, 0.15) is 18.7 Å². The molecule has 200 valence electrons. The van der Waals surface area contributed by atoms with Crippen LogP contribution >= 0.6 is 0 Å². The Balaban J connectivity index is 1.95. The van der Waals surface area contributed by atoms with Crippen LogP contribution in [0.5, 0.6) is 0 Å². The fourth-order valence-corrected chi connectivity index (χ4v) is 3.51. The largest absolute Gasteiger partial charge is 0.445 e. The van der Waals surface area contributed by atoms with Gasteiger partial charge in [0.2, 0.25) is 17.7 Å². The van der Waals surface area contributed by atoms with E-state index in [0.717, 1.165) is 11.1 Å². The number of ether oxygens (including phenoxy) is 2. The smallest absolute Gasteiger partial charge is 0.408 e. The number of benzene rings is 2. The number of hydrogen-bond donors (Lipinski definition) is 4. The molecule has 2 atom stereocenters. The number of carbonyl (C=O) groups excluding carboxylic acids is 4. The van der Waals surface area contributed by atoms with Crippen molar-refractivity contribution in [3.8, 4) is 0 Å². The molecule has 0 radical (unpaired) electrons. The zero-order valence-electron chi connectivity index (χ0n) is 21.1. The van der Waals surface area contributed by atoms with Gasteiger partial charge >= 0.3 is 6.09 Å². The number of carbonyl (C=O) groups is 4. The van der Waals surface area contributed by atoms with Gasteiger partial charge in [-0.3, -0.25) is 14.4 Å². The number of alkyl carbamates (subject to hydrolysis) is 1. The van der Waals surface area contributed by atoms with Crippen LogP contribution in [0.1, 0.15) is 36.8 Å². The molecule has 0 aliphatic rings. The zero-order chi connectivity index (χ0) is 26.9. The molecule has 0 aliphatic carbocycles. The Kier molecular flexibility index (Phi) is 13.2. The van der Waals surface area contributed by atoms with Crippen molar-refractivity contribution in [2.45, 2.75) is 50.8 Å². The summed E-state index contributed by atoms with van der Waals surface area (Å²) in [7, 11) is 1.53. The maximum Gasteiger partial charge on any atom is 0.408 e. The van der Waals surface area contributed by atoms with Crippen molar-refractivity contribution < 1.29 is 28.7 Å². The summed E-state index contributed by atoms with van der Waals surface area (Å²) < 4.78 is 10.1. The third-order valence-corrected chi connectivity index (χ3v) is 5.54. The summed E-state index contributed by atoms with van der Waals surface area (Å²) in [6, 6.07) is 16.4. The fraction of sp³-hybridized carbons (Fsp3) is 0.407. The number of hydrogen-bond acceptors (Lipinski definition) is 6.